The van der Waals surface area contributed by atoms with E-state index in [4.69, 9.17) is 4.52 Å². The highest BCUT2D eigenvalue weighted by atomic mass is 19.3. The van der Waals surface area contributed by atoms with Gasteiger partial charge in [-0.05, 0) is 37.6 Å². The van der Waals surface area contributed by atoms with E-state index in [2.05, 4.69) is 25.4 Å². The number of aryl methyl sites for hydroxylation is 2. The monoisotopic (exact) mass is 491 g/mol. The summed E-state index contributed by atoms with van der Waals surface area (Å²) in [6, 6.07) is 4.91. The molecule has 0 bridgehead atoms. The van der Waals surface area contributed by atoms with Crippen LogP contribution in [0.4, 0.5) is 14.5 Å². The fourth-order valence-corrected chi connectivity index (χ4v) is 4.54. The number of aliphatic imine (C=N–C) groups is 1. The zero-order chi connectivity index (χ0) is 25.0. The van der Waals surface area contributed by atoms with Gasteiger partial charge in [-0.1, -0.05) is 17.3 Å². The van der Waals surface area contributed by atoms with Crippen molar-refractivity contribution >= 4 is 23.1 Å². The first kappa shape index (κ1) is 22.3. The normalized spacial score (nSPS) is 20.6. The van der Waals surface area contributed by atoms with Gasteiger partial charge in [0.25, 0.3) is 0 Å². The summed E-state index contributed by atoms with van der Waals surface area (Å²) in [5.74, 6) is -2.06. The first-order valence-electron chi connectivity index (χ1n) is 11.6. The Kier molecular flexibility index (Phi) is 5.09. The highest BCUT2D eigenvalue weighted by Crippen LogP contribution is 2.48. The largest absolute Gasteiger partial charge is 0.339 e. The molecule has 0 spiro atoms. The van der Waals surface area contributed by atoms with Gasteiger partial charge in [0.05, 0.1) is 24.3 Å². The van der Waals surface area contributed by atoms with Crippen molar-refractivity contribution < 1.29 is 18.1 Å². The number of nitrogens with one attached hydrogen (secondary N) is 1. The lowest BCUT2D eigenvalue weighted by Crippen LogP contribution is -2.42. The van der Waals surface area contributed by atoms with Crippen molar-refractivity contribution in [1.82, 2.24) is 24.6 Å². The first-order valence-corrected chi connectivity index (χ1v) is 11.6. The molecule has 1 unspecified atom stereocenters. The molecule has 1 fully saturated rings. The van der Waals surface area contributed by atoms with Crippen molar-refractivity contribution in [3.05, 3.63) is 66.2 Å². The lowest BCUT2D eigenvalue weighted by molar-refractivity contribution is -0.118. The van der Waals surface area contributed by atoms with Gasteiger partial charge >= 0.3 is 0 Å². The first-order chi connectivity index (χ1) is 17.3. The second-order valence-electron chi connectivity index (χ2n) is 9.37. The van der Waals surface area contributed by atoms with Gasteiger partial charge in [-0.25, -0.2) is 13.8 Å². The molecule has 1 saturated carbocycles. The van der Waals surface area contributed by atoms with Gasteiger partial charge in [0.1, 0.15) is 11.9 Å². The molecule has 4 heterocycles. The minimum atomic E-state index is -2.66. The highest BCUT2D eigenvalue weighted by molar-refractivity contribution is 6.06. The number of carbonyl (C=O) groups excluding carboxylic acids is 1. The number of imidazole rings is 1. The quantitative estimate of drug-likeness (QED) is 0.575. The van der Waals surface area contributed by atoms with Gasteiger partial charge < -0.3 is 19.3 Å². The topological polar surface area (TPSA) is 101 Å². The van der Waals surface area contributed by atoms with Crippen molar-refractivity contribution in [1.29, 1.82) is 0 Å². The molecule has 0 radical (unpaired) electrons. The Morgan fingerprint density at radius 3 is 2.81 bits per heavy atom. The molecular formula is C25H23F2N7O2. The van der Waals surface area contributed by atoms with Crippen molar-refractivity contribution in [2.45, 2.75) is 44.6 Å². The van der Waals surface area contributed by atoms with Crippen molar-refractivity contribution in [2.75, 3.05) is 11.9 Å². The Balaban J connectivity index is 1.19. The fourth-order valence-electron chi connectivity index (χ4n) is 4.54. The molecule has 1 aromatic carbocycles. The molecule has 3 aromatic rings. The summed E-state index contributed by atoms with van der Waals surface area (Å²) >= 11 is 0. The number of carbonyl (C=O) groups is 1. The lowest BCUT2D eigenvalue weighted by atomic mass is 9.81. The zero-order valence-electron chi connectivity index (χ0n) is 19.7. The molecule has 184 valence electrons. The number of allylic oxidation sites excluding steroid dienone is 2. The minimum Gasteiger partial charge on any atom is -0.339 e. The Hall–Kier alpha value is -4.15. The number of fused-ring (bicyclic) bond motifs is 1. The molecule has 1 atom stereocenters. The van der Waals surface area contributed by atoms with E-state index in [1.54, 1.807) is 12.4 Å². The van der Waals surface area contributed by atoms with Crippen LogP contribution in [0.15, 0.2) is 58.6 Å². The van der Waals surface area contributed by atoms with Gasteiger partial charge in [-0.15, -0.1) is 0 Å². The summed E-state index contributed by atoms with van der Waals surface area (Å²) in [6.07, 6.45) is 8.80. The summed E-state index contributed by atoms with van der Waals surface area (Å²) in [4.78, 5) is 28.2. The Bertz CT molecular complexity index is 1440. The molecule has 0 saturated heterocycles. The average molecular weight is 492 g/mol. The van der Waals surface area contributed by atoms with Crippen molar-refractivity contribution in [2.24, 2.45) is 4.99 Å². The average Bonchev–Trinajstić information content (AvgIpc) is 3.58. The predicted molar refractivity (Wildman–Crippen MR) is 128 cm³/mol. The number of amidine groups is 1. The minimum absolute atomic E-state index is 0.202. The van der Waals surface area contributed by atoms with E-state index in [-0.39, 0.29) is 24.6 Å². The summed E-state index contributed by atoms with van der Waals surface area (Å²) in [5, 5.41) is 6.97. The van der Waals surface area contributed by atoms with Crippen LogP contribution < -0.4 is 5.32 Å². The van der Waals surface area contributed by atoms with Gasteiger partial charge in [0.15, 0.2) is 0 Å². The number of nitrogens with zero attached hydrogens (tertiary/aromatic N) is 6. The summed E-state index contributed by atoms with van der Waals surface area (Å²) in [7, 11) is 0. The molecule has 1 aliphatic carbocycles. The Labute approximate surface area is 205 Å². The molecule has 11 heteroatoms. The number of hydrogen-bond acceptors (Lipinski definition) is 7. The maximum atomic E-state index is 13.3. The molecule has 2 aliphatic heterocycles. The second-order valence-corrected chi connectivity index (χ2v) is 9.37. The third kappa shape index (κ3) is 4.00. The number of hydrogen-bond donors (Lipinski definition) is 1. The summed E-state index contributed by atoms with van der Waals surface area (Å²) in [6.45, 7) is 4.13. The van der Waals surface area contributed by atoms with Crippen molar-refractivity contribution in [3.63, 3.8) is 0 Å². The summed E-state index contributed by atoms with van der Waals surface area (Å²) in [5.41, 5.74) is 3.87. The van der Waals surface area contributed by atoms with Crippen LogP contribution in [0, 0.1) is 13.8 Å². The van der Waals surface area contributed by atoms with E-state index in [9.17, 15) is 13.6 Å². The molecular weight excluding hydrogens is 468 g/mol. The highest BCUT2D eigenvalue weighted by Gasteiger charge is 2.48. The van der Waals surface area contributed by atoms with Gasteiger partial charge in [-0.3, -0.25) is 9.79 Å². The number of aromatic nitrogens is 4. The Morgan fingerprint density at radius 1 is 1.22 bits per heavy atom. The van der Waals surface area contributed by atoms with Crippen LogP contribution >= 0.6 is 0 Å². The van der Waals surface area contributed by atoms with Gasteiger partial charge in [0, 0.05) is 42.4 Å². The number of alkyl halides is 2. The van der Waals surface area contributed by atoms with Crippen LogP contribution in [-0.2, 0) is 4.79 Å². The van der Waals surface area contributed by atoms with Gasteiger partial charge in [0.2, 0.25) is 23.5 Å². The molecule has 36 heavy (non-hydrogen) atoms. The van der Waals surface area contributed by atoms with E-state index < -0.39 is 17.9 Å². The van der Waals surface area contributed by atoms with Crippen LogP contribution in [0.2, 0.25) is 0 Å². The number of benzene rings is 1. The lowest BCUT2D eigenvalue weighted by Gasteiger charge is -2.31. The third-order valence-electron chi connectivity index (χ3n) is 6.65. The maximum absolute atomic E-state index is 13.3. The number of halogens is 2. The summed E-state index contributed by atoms with van der Waals surface area (Å²) < 4.78 is 33.5. The van der Waals surface area contributed by atoms with Crippen LogP contribution in [-0.4, -0.2) is 54.8 Å². The van der Waals surface area contributed by atoms with Crippen LogP contribution in [0.5, 0.6) is 0 Å². The van der Waals surface area contributed by atoms with E-state index in [1.807, 2.05) is 60.0 Å². The van der Waals surface area contributed by atoms with Crippen molar-refractivity contribution in [3.8, 4) is 11.4 Å². The molecule has 3 aliphatic rings. The molecule has 2 aromatic heterocycles. The molecule has 1 N–H and O–H groups in total. The van der Waals surface area contributed by atoms with Gasteiger partial charge in [-0.2, -0.15) is 4.98 Å². The van der Waals surface area contributed by atoms with E-state index in [0.717, 1.165) is 22.8 Å². The van der Waals surface area contributed by atoms with E-state index in [1.165, 1.54) is 0 Å². The SMILES string of the molecule is Cc1cn(C2=CN3C(=NCC3C(=O)Nc3cc(-c4noc(C5CC(F)(F)C5)n4)ccc3C)C=C2)cn1. The molecule has 9 nitrogen and oxygen atoms in total. The fraction of sp³-hybridized carbons (Fsp3) is 0.320. The number of rotatable bonds is 5. The predicted octanol–water partition coefficient (Wildman–Crippen LogP) is 4.15. The van der Waals surface area contributed by atoms with Crippen LogP contribution in [0.25, 0.3) is 17.1 Å². The number of anilines is 1. The van der Waals surface area contributed by atoms with E-state index in [0.29, 0.717) is 23.6 Å². The zero-order valence-corrected chi connectivity index (χ0v) is 19.7. The smallest absolute Gasteiger partial charge is 0.249 e. The maximum Gasteiger partial charge on any atom is 0.249 e. The third-order valence-corrected chi connectivity index (χ3v) is 6.65. The number of amides is 1. The van der Waals surface area contributed by atoms with E-state index >= 15 is 0 Å². The standard InChI is InChI=1S/C25H23F2N7O2/c1-14-3-4-16(22-31-24(36-32-22)17-8-25(26,27)9-17)7-19(14)30-23(35)20-10-28-21-6-5-18(12-34(20)21)33-11-15(2)29-13-33/h3-7,11-13,17,20H,8-10H2,1-2H3,(H,30,35). The second kappa shape index (κ2) is 8.21. The van der Waals surface area contributed by atoms with Crippen LogP contribution in [0.3, 0.4) is 0 Å². The van der Waals surface area contributed by atoms with Crippen LogP contribution in [0.1, 0.15) is 35.9 Å². The Morgan fingerprint density at radius 2 is 2.06 bits per heavy atom. The molecule has 1 amide bonds. The molecule has 6 rings (SSSR count).